The molecule has 162 valence electrons. The van der Waals surface area contributed by atoms with Gasteiger partial charge in [0.05, 0.1) is 18.4 Å². The van der Waals surface area contributed by atoms with Gasteiger partial charge in [0.2, 0.25) is 5.91 Å². The SMILES string of the molecule is C=C(N)Nc1cccc(C(=O)NCC(=O)NC(CCCC)c2cc3ccccc3o2)c1. The average molecular weight is 421 g/mol. The molecule has 0 saturated carbocycles. The van der Waals surface area contributed by atoms with E-state index in [0.29, 0.717) is 11.3 Å². The van der Waals surface area contributed by atoms with Crippen molar-refractivity contribution in [2.24, 2.45) is 5.73 Å². The summed E-state index contributed by atoms with van der Waals surface area (Å²) in [5.74, 6) is 0.366. The Hall–Kier alpha value is -3.74. The maximum Gasteiger partial charge on any atom is 0.251 e. The summed E-state index contributed by atoms with van der Waals surface area (Å²) in [5, 5.41) is 9.49. The number of nitrogens with one attached hydrogen (secondary N) is 3. The van der Waals surface area contributed by atoms with Crippen molar-refractivity contribution in [1.29, 1.82) is 0 Å². The van der Waals surface area contributed by atoms with Crippen LogP contribution in [0, 0.1) is 0 Å². The third kappa shape index (κ3) is 6.12. The topological polar surface area (TPSA) is 109 Å². The van der Waals surface area contributed by atoms with Crippen LogP contribution in [0.2, 0.25) is 0 Å². The van der Waals surface area contributed by atoms with Crippen LogP contribution >= 0.6 is 0 Å². The van der Waals surface area contributed by atoms with Crippen molar-refractivity contribution in [1.82, 2.24) is 10.6 Å². The van der Waals surface area contributed by atoms with Gasteiger partial charge in [0, 0.05) is 16.6 Å². The van der Waals surface area contributed by atoms with Crippen molar-refractivity contribution in [3.63, 3.8) is 0 Å². The second-order valence-electron chi connectivity index (χ2n) is 7.36. The summed E-state index contributed by atoms with van der Waals surface area (Å²) in [4.78, 5) is 25.0. The number of anilines is 1. The van der Waals surface area contributed by atoms with Crippen molar-refractivity contribution in [3.05, 3.63) is 78.3 Å². The highest BCUT2D eigenvalue weighted by molar-refractivity contribution is 5.97. The van der Waals surface area contributed by atoms with Crippen LogP contribution in [0.3, 0.4) is 0 Å². The van der Waals surface area contributed by atoms with Gasteiger partial charge in [0.25, 0.3) is 5.91 Å². The molecule has 2 amide bonds. The number of para-hydroxylation sites is 1. The predicted molar refractivity (Wildman–Crippen MR) is 122 cm³/mol. The first-order chi connectivity index (χ1) is 15.0. The van der Waals surface area contributed by atoms with Gasteiger partial charge in [-0.3, -0.25) is 9.59 Å². The lowest BCUT2D eigenvalue weighted by Gasteiger charge is -2.16. The monoisotopic (exact) mass is 420 g/mol. The van der Waals surface area contributed by atoms with Gasteiger partial charge < -0.3 is 26.1 Å². The fourth-order valence-electron chi connectivity index (χ4n) is 3.30. The van der Waals surface area contributed by atoms with Crippen LogP contribution in [-0.4, -0.2) is 18.4 Å². The van der Waals surface area contributed by atoms with Crippen molar-refractivity contribution >= 4 is 28.5 Å². The van der Waals surface area contributed by atoms with E-state index in [1.54, 1.807) is 24.3 Å². The quantitative estimate of drug-likeness (QED) is 0.396. The lowest BCUT2D eigenvalue weighted by atomic mass is 10.1. The van der Waals surface area contributed by atoms with E-state index in [9.17, 15) is 9.59 Å². The smallest absolute Gasteiger partial charge is 0.251 e. The van der Waals surface area contributed by atoms with Crippen LogP contribution in [0.15, 0.2) is 71.4 Å². The lowest BCUT2D eigenvalue weighted by molar-refractivity contribution is -0.121. The molecule has 0 spiro atoms. The van der Waals surface area contributed by atoms with E-state index in [1.165, 1.54) is 0 Å². The minimum atomic E-state index is -0.352. The summed E-state index contributed by atoms with van der Waals surface area (Å²) in [7, 11) is 0. The van der Waals surface area contributed by atoms with Gasteiger partial charge in [-0.2, -0.15) is 0 Å². The van der Waals surface area contributed by atoms with E-state index in [2.05, 4.69) is 29.5 Å². The first-order valence-corrected chi connectivity index (χ1v) is 10.3. The maximum absolute atomic E-state index is 12.5. The van der Waals surface area contributed by atoms with Gasteiger partial charge in [-0.1, -0.05) is 50.6 Å². The van der Waals surface area contributed by atoms with E-state index in [0.717, 1.165) is 36.0 Å². The number of carbonyl (C=O) groups is 2. The fraction of sp³-hybridized carbons (Fsp3) is 0.250. The largest absolute Gasteiger partial charge is 0.459 e. The summed E-state index contributed by atoms with van der Waals surface area (Å²) in [5.41, 5.74) is 7.39. The van der Waals surface area contributed by atoms with E-state index in [-0.39, 0.29) is 30.2 Å². The molecule has 7 heteroatoms. The third-order valence-electron chi connectivity index (χ3n) is 4.81. The lowest BCUT2D eigenvalue weighted by Crippen LogP contribution is -2.38. The van der Waals surface area contributed by atoms with Crippen molar-refractivity contribution in [3.8, 4) is 0 Å². The zero-order valence-electron chi connectivity index (χ0n) is 17.6. The van der Waals surface area contributed by atoms with E-state index in [4.69, 9.17) is 10.2 Å². The number of furan rings is 1. The first-order valence-electron chi connectivity index (χ1n) is 10.3. The Morgan fingerprint density at radius 1 is 1.13 bits per heavy atom. The molecule has 0 bridgehead atoms. The van der Waals surface area contributed by atoms with E-state index in [1.807, 2.05) is 30.3 Å². The number of rotatable bonds is 10. The normalized spacial score (nSPS) is 11.6. The Labute approximate surface area is 181 Å². The Morgan fingerprint density at radius 3 is 2.68 bits per heavy atom. The molecule has 0 aliphatic rings. The zero-order chi connectivity index (χ0) is 22.2. The van der Waals surface area contributed by atoms with Crippen LogP contribution in [0.4, 0.5) is 5.69 Å². The molecule has 0 aliphatic carbocycles. The average Bonchev–Trinajstić information content (AvgIpc) is 3.19. The third-order valence-corrected chi connectivity index (χ3v) is 4.81. The molecule has 0 saturated heterocycles. The second-order valence-corrected chi connectivity index (χ2v) is 7.36. The number of carbonyl (C=O) groups excluding carboxylic acids is 2. The van der Waals surface area contributed by atoms with Crippen molar-refractivity contribution in [2.45, 2.75) is 32.2 Å². The zero-order valence-corrected chi connectivity index (χ0v) is 17.6. The molecule has 5 N–H and O–H groups in total. The highest BCUT2D eigenvalue weighted by atomic mass is 16.3. The second kappa shape index (κ2) is 10.3. The number of hydrogen-bond acceptors (Lipinski definition) is 5. The highest BCUT2D eigenvalue weighted by Crippen LogP contribution is 2.26. The van der Waals surface area contributed by atoms with Crippen LogP contribution in [0.25, 0.3) is 11.0 Å². The number of fused-ring (bicyclic) bond motifs is 1. The summed E-state index contributed by atoms with van der Waals surface area (Å²) < 4.78 is 5.94. The molecule has 1 aromatic heterocycles. The summed E-state index contributed by atoms with van der Waals surface area (Å²) in [6, 6.07) is 16.3. The highest BCUT2D eigenvalue weighted by Gasteiger charge is 2.19. The molecule has 0 fully saturated rings. The molecule has 3 aromatic rings. The molecule has 1 unspecified atom stereocenters. The molecule has 0 aliphatic heterocycles. The Morgan fingerprint density at radius 2 is 1.94 bits per heavy atom. The summed E-state index contributed by atoms with van der Waals surface area (Å²) in [6.45, 7) is 5.54. The number of unbranched alkanes of at least 4 members (excludes halogenated alkanes) is 1. The minimum Gasteiger partial charge on any atom is -0.459 e. The molecule has 3 rings (SSSR count). The Balaban J connectivity index is 1.61. The summed E-state index contributed by atoms with van der Waals surface area (Å²) in [6.07, 6.45) is 2.70. The van der Waals surface area contributed by atoms with Gasteiger partial charge in [0.1, 0.15) is 11.3 Å². The van der Waals surface area contributed by atoms with Gasteiger partial charge >= 0.3 is 0 Å². The minimum absolute atomic E-state index is 0.136. The molecule has 31 heavy (non-hydrogen) atoms. The molecular weight excluding hydrogens is 392 g/mol. The van der Waals surface area contributed by atoms with Gasteiger partial charge in [-0.05, 0) is 36.8 Å². The Kier molecular flexibility index (Phi) is 7.32. The summed E-state index contributed by atoms with van der Waals surface area (Å²) >= 11 is 0. The molecule has 0 radical (unpaired) electrons. The molecule has 1 atom stereocenters. The van der Waals surface area contributed by atoms with Crippen molar-refractivity contribution in [2.75, 3.05) is 11.9 Å². The standard InChI is InChI=1S/C24H28N4O3/c1-3-4-11-20(22-14-17-8-5-6-12-21(17)31-22)28-23(29)15-26-24(30)18-9-7-10-19(13-18)27-16(2)25/h5-10,12-14,20,27H,2-4,11,15,25H2,1H3,(H,26,30)(H,28,29). The molecule has 1 heterocycles. The van der Waals surface area contributed by atoms with Gasteiger partial charge in [-0.25, -0.2) is 0 Å². The number of amides is 2. The van der Waals surface area contributed by atoms with Crippen LogP contribution < -0.4 is 21.7 Å². The predicted octanol–water partition coefficient (Wildman–Crippen LogP) is 4.05. The maximum atomic E-state index is 12.5. The van der Waals surface area contributed by atoms with Gasteiger partial charge in [-0.15, -0.1) is 0 Å². The molecule has 2 aromatic carbocycles. The van der Waals surface area contributed by atoms with Crippen LogP contribution in [0.1, 0.15) is 48.3 Å². The fourth-order valence-corrected chi connectivity index (χ4v) is 3.30. The van der Waals surface area contributed by atoms with Crippen molar-refractivity contribution < 1.29 is 14.0 Å². The first kappa shape index (κ1) is 22.0. The molecule has 7 nitrogen and oxygen atoms in total. The van der Waals surface area contributed by atoms with Crippen LogP contribution in [-0.2, 0) is 4.79 Å². The Bertz CT molecular complexity index is 1040. The number of hydrogen-bond donors (Lipinski definition) is 4. The van der Waals surface area contributed by atoms with E-state index >= 15 is 0 Å². The van der Waals surface area contributed by atoms with E-state index < -0.39 is 0 Å². The van der Waals surface area contributed by atoms with Gasteiger partial charge in [0.15, 0.2) is 0 Å². The van der Waals surface area contributed by atoms with Crippen LogP contribution in [0.5, 0.6) is 0 Å². The number of nitrogens with two attached hydrogens (primary N) is 1. The molecular formula is C24H28N4O3. The number of benzene rings is 2.